The number of para-hydroxylation sites is 1. The van der Waals surface area contributed by atoms with Crippen molar-refractivity contribution in [3.63, 3.8) is 0 Å². The van der Waals surface area contributed by atoms with Gasteiger partial charge < -0.3 is 15.4 Å². The maximum absolute atomic E-state index is 5.77. The van der Waals surface area contributed by atoms with E-state index in [4.69, 9.17) is 9.73 Å². The van der Waals surface area contributed by atoms with Crippen LogP contribution >= 0.6 is 0 Å². The molecule has 2 unspecified atom stereocenters. The number of hydrogen-bond donors (Lipinski definition) is 2. The van der Waals surface area contributed by atoms with E-state index in [1.807, 2.05) is 23.7 Å². The molecule has 2 aliphatic heterocycles. The number of benzene rings is 1. The van der Waals surface area contributed by atoms with Crippen molar-refractivity contribution in [3.8, 4) is 5.75 Å². The molecule has 0 aliphatic carbocycles. The van der Waals surface area contributed by atoms with Crippen LogP contribution in [0.2, 0.25) is 0 Å². The van der Waals surface area contributed by atoms with Crippen LogP contribution in [-0.2, 0) is 6.54 Å². The largest absolute Gasteiger partial charge is 0.493 e. The first-order valence-corrected chi connectivity index (χ1v) is 9.92. The van der Waals surface area contributed by atoms with Crippen molar-refractivity contribution in [3.05, 3.63) is 41.5 Å². The summed E-state index contributed by atoms with van der Waals surface area (Å²) in [4.78, 5) is 9.51. The van der Waals surface area contributed by atoms with Gasteiger partial charge in [0.25, 0.3) is 0 Å². The van der Waals surface area contributed by atoms with Gasteiger partial charge in [-0.05, 0) is 44.7 Å². The lowest BCUT2D eigenvalue weighted by Gasteiger charge is -2.27. The highest BCUT2D eigenvalue weighted by Gasteiger charge is 2.25. The first-order valence-electron chi connectivity index (χ1n) is 9.92. The van der Waals surface area contributed by atoms with E-state index >= 15 is 0 Å². The Kier molecular flexibility index (Phi) is 5.27. The molecule has 2 aliphatic rings. The summed E-state index contributed by atoms with van der Waals surface area (Å²) in [6, 6.07) is 8.45. The van der Waals surface area contributed by atoms with Crippen molar-refractivity contribution < 1.29 is 4.74 Å². The van der Waals surface area contributed by atoms with Crippen LogP contribution in [0.15, 0.2) is 29.3 Å². The molecule has 0 spiro atoms. The summed E-state index contributed by atoms with van der Waals surface area (Å²) in [5, 5.41) is 11.4. The summed E-state index contributed by atoms with van der Waals surface area (Å²) in [6.07, 6.45) is 3.14. The molecule has 0 radical (unpaired) electrons. The molecule has 1 aromatic carbocycles. The second-order valence-corrected chi connectivity index (χ2v) is 7.17. The highest BCUT2D eigenvalue weighted by Crippen LogP contribution is 2.33. The number of fused-ring (bicyclic) bond motifs is 2. The molecule has 0 saturated carbocycles. The third-order valence-corrected chi connectivity index (χ3v) is 5.19. The number of nitrogens with one attached hydrogen (secondary N) is 2. The Labute approximate surface area is 160 Å². The Balaban J connectivity index is 1.49. The van der Waals surface area contributed by atoms with Crippen LogP contribution in [0.25, 0.3) is 0 Å². The minimum atomic E-state index is 0.153. The fourth-order valence-electron chi connectivity index (χ4n) is 3.90. The Hall–Kier alpha value is -2.57. The van der Waals surface area contributed by atoms with Crippen molar-refractivity contribution >= 4 is 5.96 Å². The van der Waals surface area contributed by atoms with Crippen LogP contribution < -0.4 is 15.4 Å². The monoisotopic (exact) mass is 368 g/mol. The molecule has 0 saturated heterocycles. The molecule has 2 N–H and O–H groups in total. The second kappa shape index (κ2) is 7.98. The summed E-state index contributed by atoms with van der Waals surface area (Å²) < 4.78 is 7.80. The van der Waals surface area contributed by atoms with Gasteiger partial charge in [0.15, 0.2) is 5.96 Å². The molecule has 1 aromatic heterocycles. The molecular weight excluding hydrogens is 340 g/mol. The topological polar surface area (TPSA) is 76.4 Å². The molecule has 27 heavy (non-hydrogen) atoms. The quantitative estimate of drug-likeness (QED) is 0.641. The van der Waals surface area contributed by atoms with Gasteiger partial charge in [-0.2, -0.15) is 5.10 Å². The number of ether oxygens (including phenoxy) is 1. The zero-order valence-corrected chi connectivity index (χ0v) is 16.1. The van der Waals surface area contributed by atoms with E-state index in [-0.39, 0.29) is 6.04 Å². The van der Waals surface area contributed by atoms with Crippen LogP contribution in [0.1, 0.15) is 55.4 Å². The van der Waals surface area contributed by atoms with E-state index in [1.54, 1.807) is 0 Å². The first-order chi connectivity index (χ1) is 13.2. The Morgan fingerprint density at radius 3 is 3.11 bits per heavy atom. The Morgan fingerprint density at radius 1 is 1.33 bits per heavy atom. The SMILES string of the molecule is CCNC(=NCC1CCOc2ccccc21)NC1CCCn2nc(C)nc21. The third-order valence-electron chi connectivity index (χ3n) is 5.19. The minimum absolute atomic E-state index is 0.153. The van der Waals surface area contributed by atoms with Crippen LogP contribution in [0.4, 0.5) is 0 Å². The van der Waals surface area contributed by atoms with Crippen LogP contribution in [0.3, 0.4) is 0 Å². The van der Waals surface area contributed by atoms with Crippen molar-refractivity contribution in [2.24, 2.45) is 4.99 Å². The van der Waals surface area contributed by atoms with Crippen molar-refractivity contribution in [2.75, 3.05) is 19.7 Å². The molecule has 4 rings (SSSR count). The van der Waals surface area contributed by atoms with E-state index in [9.17, 15) is 0 Å². The van der Waals surface area contributed by atoms with Crippen molar-refractivity contribution in [2.45, 2.75) is 51.6 Å². The van der Waals surface area contributed by atoms with Crippen LogP contribution in [0.5, 0.6) is 5.75 Å². The van der Waals surface area contributed by atoms with Gasteiger partial charge in [0, 0.05) is 25.6 Å². The van der Waals surface area contributed by atoms with E-state index < -0.39 is 0 Å². The summed E-state index contributed by atoms with van der Waals surface area (Å²) in [6.45, 7) is 7.31. The van der Waals surface area contributed by atoms with E-state index in [2.05, 4.69) is 39.8 Å². The van der Waals surface area contributed by atoms with Gasteiger partial charge in [0.2, 0.25) is 0 Å². The van der Waals surface area contributed by atoms with Gasteiger partial charge in [0.1, 0.15) is 17.4 Å². The number of rotatable bonds is 4. The number of aliphatic imine (C=N–C) groups is 1. The van der Waals surface area contributed by atoms with Crippen molar-refractivity contribution in [1.29, 1.82) is 0 Å². The standard InChI is InChI=1S/C20H28N6O/c1-3-21-20(24-17-8-6-11-26-19(17)23-14(2)25-26)22-13-15-10-12-27-18-9-5-4-7-16(15)18/h4-5,7,9,15,17H,3,6,8,10-13H2,1-2H3,(H2,21,22,24). The lowest BCUT2D eigenvalue weighted by atomic mass is 9.93. The number of hydrogen-bond acceptors (Lipinski definition) is 4. The second-order valence-electron chi connectivity index (χ2n) is 7.17. The summed E-state index contributed by atoms with van der Waals surface area (Å²) in [5.74, 6) is 4.08. The predicted octanol–water partition coefficient (Wildman–Crippen LogP) is 2.54. The molecule has 2 aromatic rings. The first kappa shape index (κ1) is 17.8. The maximum Gasteiger partial charge on any atom is 0.191 e. The molecule has 2 atom stereocenters. The van der Waals surface area contributed by atoms with E-state index in [1.165, 1.54) is 5.56 Å². The third kappa shape index (κ3) is 3.91. The molecule has 3 heterocycles. The highest BCUT2D eigenvalue weighted by atomic mass is 16.5. The zero-order valence-electron chi connectivity index (χ0n) is 16.1. The fraction of sp³-hybridized carbons (Fsp3) is 0.550. The molecule has 0 amide bonds. The van der Waals surface area contributed by atoms with Gasteiger partial charge >= 0.3 is 0 Å². The molecule has 0 bridgehead atoms. The number of aryl methyl sites for hydroxylation is 2. The van der Waals surface area contributed by atoms with Crippen molar-refractivity contribution in [1.82, 2.24) is 25.4 Å². The smallest absolute Gasteiger partial charge is 0.191 e. The van der Waals surface area contributed by atoms with E-state index in [0.717, 1.165) is 68.9 Å². The number of aromatic nitrogens is 3. The molecule has 0 fully saturated rings. The maximum atomic E-state index is 5.77. The molecule has 7 nitrogen and oxygen atoms in total. The van der Waals surface area contributed by atoms with Gasteiger partial charge in [-0.1, -0.05) is 18.2 Å². The summed E-state index contributed by atoms with van der Waals surface area (Å²) in [7, 11) is 0. The predicted molar refractivity (Wildman–Crippen MR) is 105 cm³/mol. The van der Waals surface area contributed by atoms with Gasteiger partial charge in [0.05, 0.1) is 12.6 Å². The highest BCUT2D eigenvalue weighted by molar-refractivity contribution is 5.80. The molecular formula is C20H28N6O. The normalized spacial score (nSPS) is 21.8. The minimum Gasteiger partial charge on any atom is -0.493 e. The van der Waals surface area contributed by atoms with Gasteiger partial charge in [-0.3, -0.25) is 4.99 Å². The molecule has 144 valence electrons. The molecule has 7 heteroatoms. The van der Waals surface area contributed by atoms with Gasteiger partial charge in [-0.15, -0.1) is 0 Å². The average Bonchev–Trinajstić information content (AvgIpc) is 3.07. The lowest BCUT2D eigenvalue weighted by Crippen LogP contribution is -2.41. The number of nitrogens with zero attached hydrogens (tertiary/aromatic N) is 4. The van der Waals surface area contributed by atoms with E-state index in [0.29, 0.717) is 5.92 Å². The van der Waals surface area contributed by atoms with Crippen LogP contribution in [0, 0.1) is 6.92 Å². The summed E-state index contributed by atoms with van der Waals surface area (Å²) >= 11 is 0. The van der Waals surface area contributed by atoms with Gasteiger partial charge in [-0.25, -0.2) is 9.67 Å². The van der Waals surface area contributed by atoms with Crippen LogP contribution in [-0.4, -0.2) is 40.4 Å². The summed E-state index contributed by atoms with van der Waals surface area (Å²) in [5.41, 5.74) is 1.26. The Morgan fingerprint density at radius 2 is 2.22 bits per heavy atom. The average molecular weight is 368 g/mol. The lowest BCUT2D eigenvalue weighted by molar-refractivity contribution is 0.269. The number of guanidine groups is 1. The fourth-order valence-corrected chi connectivity index (χ4v) is 3.90. The Bertz CT molecular complexity index is 815. The zero-order chi connectivity index (χ0) is 18.6.